The van der Waals surface area contributed by atoms with Crippen molar-refractivity contribution in [1.82, 2.24) is 9.55 Å². The van der Waals surface area contributed by atoms with Gasteiger partial charge in [0.25, 0.3) is 5.56 Å². The van der Waals surface area contributed by atoms with Crippen LogP contribution in [0.1, 0.15) is 30.2 Å². The van der Waals surface area contributed by atoms with E-state index in [1.54, 1.807) is 23.5 Å². The van der Waals surface area contributed by atoms with Gasteiger partial charge in [-0.3, -0.25) is 9.36 Å². The van der Waals surface area contributed by atoms with E-state index in [0.29, 0.717) is 12.4 Å². The van der Waals surface area contributed by atoms with Crippen LogP contribution in [-0.4, -0.2) is 34.0 Å². The first-order chi connectivity index (χ1) is 13.7. The normalized spacial score (nSPS) is 14.6. The summed E-state index contributed by atoms with van der Waals surface area (Å²) in [4.78, 5) is 19.5. The molecule has 1 aliphatic carbocycles. The van der Waals surface area contributed by atoms with Crippen LogP contribution in [0.25, 0.3) is 10.2 Å². The molecule has 2 heterocycles. The predicted octanol–water partition coefficient (Wildman–Crippen LogP) is 3.18. The fourth-order valence-corrected chi connectivity index (χ4v) is 4.80. The number of hydrogen-bond acceptors (Lipinski definition) is 6. The molecule has 1 N–H and O–H groups in total. The number of fused-ring (bicyclic) bond motifs is 3. The minimum absolute atomic E-state index is 0.0653. The molecule has 0 unspecified atom stereocenters. The van der Waals surface area contributed by atoms with Gasteiger partial charge in [-0.25, -0.2) is 4.98 Å². The molecule has 0 spiro atoms. The average Bonchev–Trinajstić information content (AvgIpc) is 3.09. The van der Waals surface area contributed by atoms with Crippen LogP contribution in [0.3, 0.4) is 0 Å². The molecule has 0 aliphatic heterocycles. The number of aliphatic hydroxyl groups is 1. The number of aromatic nitrogens is 2. The highest BCUT2D eigenvalue weighted by molar-refractivity contribution is 7.18. The maximum absolute atomic E-state index is 12.9. The first-order valence-corrected chi connectivity index (χ1v) is 10.5. The molecule has 3 aromatic rings. The molecule has 0 fully saturated rings. The van der Waals surface area contributed by atoms with E-state index in [-0.39, 0.29) is 18.7 Å². The third-order valence-corrected chi connectivity index (χ3v) is 6.13. The third-order valence-electron chi connectivity index (χ3n) is 4.93. The summed E-state index contributed by atoms with van der Waals surface area (Å²) in [5, 5.41) is 11.1. The van der Waals surface area contributed by atoms with Crippen LogP contribution in [0.15, 0.2) is 35.4 Å². The lowest BCUT2D eigenvalue weighted by atomic mass is 9.97. The SMILES string of the molecule is CCOc1ccc(OC[C@@H](O)Cn2cnc3sc4c(c3c2=O)CCCC4)cc1. The molecule has 6 nitrogen and oxygen atoms in total. The zero-order valence-corrected chi connectivity index (χ0v) is 16.7. The van der Waals surface area contributed by atoms with Crippen molar-refractivity contribution in [1.29, 1.82) is 0 Å². The predicted molar refractivity (Wildman–Crippen MR) is 110 cm³/mol. The van der Waals surface area contributed by atoms with Crippen LogP contribution in [0.5, 0.6) is 11.5 Å². The first kappa shape index (κ1) is 19.0. The van der Waals surface area contributed by atoms with E-state index < -0.39 is 6.10 Å². The molecule has 1 aliphatic rings. The molecule has 0 saturated carbocycles. The Hall–Kier alpha value is -2.38. The second kappa shape index (κ2) is 8.32. The van der Waals surface area contributed by atoms with Crippen molar-refractivity contribution in [3.63, 3.8) is 0 Å². The molecule has 7 heteroatoms. The summed E-state index contributed by atoms with van der Waals surface area (Å²) in [6.07, 6.45) is 5.00. The van der Waals surface area contributed by atoms with Crippen LogP contribution in [0.2, 0.25) is 0 Å². The van der Waals surface area contributed by atoms with Crippen LogP contribution in [0.4, 0.5) is 0 Å². The summed E-state index contributed by atoms with van der Waals surface area (Å²) in [5.74, 6) is 1.43. The van der Waals surface area contributed by atoms with Gasteiger partial charge in [-0.2, -0.15) is 0 Å². The molecule has 28 heavy (non-hydrogen) atoms. The molecule has 0 amide bonds. The van der Waals surface area contributed by atoms with Crippen LogP contribution in [0, 0.1) is 0 Å². The molecule has 148 valence electrons. The first-order valence-electron chi connectivity index (χ1n) is 9.69. The number of ether oxygens (including phenoxy) is 2. The zero-order valence-electron chi connectivity index (χ0n) is 15.9. The van der Waals surface area contributed by atoms with Gasteiger partial charge in [-0.1, -0.05) is 0 Å². The fourth-order valence-electron chi connectivity index (χ4n) is 3.58. The molecule has 0 saturated heterocycles. The van der Waals surface area contributed by atoms with E-state index in [4.69, 9.17) is 9.47 Å². The van der Waals surface area contributed by atoms with Crippen molar-refractivity contribution in [3.8, 4) is 11.5 Å². The third kappa shape index (κ3) is 3.91. The highest BCUT2D eigenvalue weighted by Gasteiger charge is 2.20. The highest BCUT2D eigenvalue weighted by Crippen LogP contribution is 2.33. The van der Waals surface area contributed by atoms with E-state index in [1.165, 1.54) is 27.8 Å². The summed E-state index contributed by atoms with van der Waals surface area (Å²) in [6, 6.07) is 7.25. The van der Waals surface area contributed by atoms with Crippen molar-refractivity contribution < 1.29 is 14.6 Å². The van der Waals surface area contributed by atoms with Gasteiger partial charge >= 0.3 is 0 Å². The minimum Gasteiger partial charge on any atom is -0.494 e. The number of thiophene rings is 1. The molecule has 0 bridgehead atoms. The maximum Gasteiger partial charge on any atom is 0.262 e. The second-order valence-corrected chi connectivity index (χ2v) is 8.05. The molecule has 0 radical (unpaired) electrons. The molecular formula is C21H24N2O4S. The Morgan fingerprint density at radius 2 is 1.89 bits per heavy atom. The van der Waals surface area contributed by atoms with Gasteiger partial charge in [-0.15, -0.1) is 11.3 Å². The van der Waals surface area contributed by atoms with Crippen molar-refractivity contribution in [2.75, 3.05) is 13.2 Å². The minimum atomic E-state index is -0.807. The van der Waals surface area contributed by atoms with Crippen LogP contribution < -0.4 is 15.0 Å². The Labute approximate surface area is 167 Å². The number of benzene rings is 1. The largest absolute Gasteiger partial charge is 0.494 e. The van der Waals surface area contributed by atoms with Crippen molar-refractivity contribution in [3.05, 3.63) is 51.4 Å². The standard InChI is InChI=1S/C21H24N2O4S/c1-2-26-15-7-9-16(10-8-15)27-12-14(24)11-23-13-22-20-19(21(23)25)17-5-3-4-6-18(17)28-20/h7-10,13-14,24H,2-6,11-12H2,1H3/t14-/m0/s1. The van der Waals surface area contributed by atoms with E-state index in [2.05, 4.69) is 4.98 Å². The lowest BCUT2D eigenvalue weighted by Gasteiger charge is -2.14. The van der Waals surface area contributed by atoms with Crippen LogP contribution in [-0.2, 0) is 19.4 Å². The molecule has 2 aromatic heterocycles. The Bertz CT molecular complexity index is 1010. The van der Waals surface area contributed by atoms with Gasteiger partial charge in [0, 0.05) is 4.88 Å². The number of aryl methyl sites for hydroxylation is 2. The Kier molecular flexibility index (Phi) is 5.64. The lowest BCUT2D eigenvalue weighted by Crippen LogP contribution is -2.30. The maximum atomic E-state index is 12.9. The monoisotopic (exact) mass is 400 g/mol. The van der Waals surface area contributed by atoms with E-state index in [9.17, 15) is 9.90 Å². The summed E-state index contributed by atoms with van der Waals surface area (Å²) < 4.78 is 12.5. The smallest absolute Gasteiger partial charge is 0.262 e. The number of nitrogens with zero attached hydrogens (tertiary/aromatic N) is 2. The van der Waals surface area contributed by atoms with Gasteiger partial charge in [0.15, 0.2) is 0 Å². The lowest BCUT2D eigenvalue weighted by molar-refractivity contribution is 0.0914. The Morgan fingerprint density at radius 3 is 2.64 bits per heavy atom. The van der Waals surface area contributed by atoms with Gasteiger partial charge in [-0.05, 0) is 62.4 Å². The van der Waals surface area contributed by atoms with E-state index in [1.807, 2.05) is 19.1 Å². The second-order valence-electron chi connectivity index (χ2n) is 6.96. The van der Waals surface area contributed by atoms with Gasteiger partial charge < -0.3 is 14.6 Å². The van der Waals surface area contributed by atoms with Crippen molar-refractivity contribution in [2.24, 2.45) is 0 Å². The molecule has 1 aromatic carbocycles. The van der Waals surface area contributed by atoms with E-state index in [0.717, 1.165) is 35.2 Å². The number of hydrogen-bond donors (Lipinski definition) is 1. The van der Waals surface area contributed by atoms with E-state index >= 15 is 0 Å². The number of aliphatic hydroxyl groups excluding tert-OH is 1. The Balaban J connectivity index is 1.44. The van der Waals surface area contributed by atoms with Gasteiger partial charge in [0.1, 0.15) is 29.0 Å². The van der Waals surface area contributed by atoms with Crippen molar-refractivity contribution >= 4 is 21.6 Å². The zero-order chi connectivity index (χ0) is 19.5. The Morgan fingerprint density at radius 1 is 1.18 bits per heavy atom. The van der Waals surface area contributed by atoms with Crippen LogP contribution >= 0.6 is 11.3 Å². The summed E-state index contributed by atoms with van der Waals surface area (Å²) in [6.45, 7) is 2.80. The highest BCUT2D eigenvalue weighted by atomic mass is 32.1. The van der Waals surface area contributed by atoms with Gasteiger partial charge in [0.05, 0.1) is 24.9 Å². The van der Waals surface area contributed by atoms with Crippen molar-refractivity contribution in [2.45, 2.75) is 45.3 Å². The topological polar surface area (TPSA) is 73.6 Å². The summed E-state index contributed by atoms with van der Waals surface area (Å²) in [7, 11) is 0. The number of rotatable bonds is 7. The summed E-state index contributed by atoms with van der Waals surface area (Å²) in [5.41, 5.74) is 1.10. The molecule has 1 atom stereocenters. The van der Waals surface area contributed by atoms with Gasteiger partial charge in [0.2, 0.25) is 0 Å². The molecule has 4 rings (SSSR count). The molecular weight excluding hydrogens is 376 g/mol. The summed E-state index contributed by atoms with van der Waals surface area (Å²) >= 11 is 1.63. The quantitative estimate of drug-likeness (QED) is 0.659. The average molecular weight is 401 g/mol. The fraction of sp³-hybridized carbons (Fsp3) is 0.429.